The minimum atomic E-state index is -3.48. The molecular formula is C15H21ClN2O4S. The third kappa shape index (κ3) is 4.83. The predicted molar refractivity (Wildman–Crippen MR) is 90.4 cm³/mol. The van der Waals surface area contributed by atoms with Gasteiger partial charge in [0.25, 0.3) is 0 Å². The van der Waals surface area contributed by atoms with Gasteiger partial charge in [-0.3, -0.25) is 9.10 Å². The van der Waals surface area contributed by atoms with E-state index >= 15 is 0 Å². The SMILES string of the molecule is Cc1cc(Cl)ccc1N(CCC(=O)N1CCOCC1)S(C)(=O)=O. The molecule has 0 atom stereocenters. The average molecular weight is 361 g/mol. The smallest absolute Gasteiger partial charge is 0.232 e. The molecule has 2 rings (SSSR count). The highest BCUT2D eigenvalue weighted by Gasteiger charge is 2.23. The molecule has 1 aromatic rings. The van der Waals surface area contributed by atoms with Crippen molar-refractivity contribution in [2.75, 3.05) is 43.4 Å². The van der Waals surface area contributed by atoms with Gasteiger partial charge < -0.3 is 9.64 Å². The van der Waals surface area contributed by atoms with Gasteiger partial charge in [-0.25, -0.2) is 8.42 Å². The number of hydrogen-bond acceptors (Lipinski definition) is 4. The van der Waals surface area contributed by atoms with E-state index in [0.29, 0.717) is 37.0 Å². The Morgan fingerprint density at radius 2 is 2.00 bits per heavy atom. The van der Waals surface area contributed by atoms with E-state index in [2.05, 4.69) is 0 Å². The van der Waals surface area contributed by atoms with Crippen molar-refractivity contribution >= 4 is 33.2 Å². The first kappa shape index (κ1) is 18.0. The summed E-state index contributed by atoms with van der Waals surface area (Å²) >= 11 is 5.92. The minimum absolute atomic E-state index is 0.0615. The fraction of sp³-hybridized carbons (Fsp3) is 0.533. The molecule has 0 unspecified atom stereocenters. The lowest BCUT2D eigenvalue weighted by Crippen LogP contribution is -2.42. The Balaban J connectivity index is 2.12. The van der Waals surface area contributed by atoms with E-state index < -0.39 is 10.0 Å². The molecule has 1 aliphatic heterocycles. The van der Waals surface area contributed by atoms with Gasteiger partial charge in [-0.1, -0.05) is 11.6 Å². The molecule has 1 saturated heterocycles. The Labute approximate surface area is 142 Å². The number of sulfonamides is 1. The Hall–Kier alpha value is -1.31. The zero-order valence-electron chi connectivity index (χ0n) is 13.3. The summed E-state index contributed by atoms with van der Waals surface area (Å²) in [6.45, 7) is 4.06. The van der Waals surface area contributed by atoms with Gasteiger partial charge in [-0.05, 0) is 30.7 Å². The molecule has 1 heterocycles. The van der Waals surface area contributed by atoms with Crippen LogP contribution in [0.4, 0.5) is 5.69 Å². The largest absolute Gasteiger partial charge is 0.378 e. The summed E-state index contributed by atoms with van der Waals surface area (Å²) in [5.74, 6) is -0.0615. The van der Waals surface area contributed by atoms with Crippen molar-refractivity contribution in [3.8, 4) is 0 Å². The van der Waals surface area contributed by atoms with Crippen LogP contribution in [-0.4, -0.2) is 58.3 Å². The molecule has 0 bridgehead atoms. The number of morpholine rings is 1. The third-order valence-corrected chi connectivity index (χ3v) is 5.14. The van der Waals surface area contributed by atoms with E-state index in [9.17, 15) is 13.2 Å². The second-order valence-electron chi connectivity index (χ2n) is 5.51. The van der Waals surface area contributed by atoms with Crippen LogP contribution in [0.25, 0.3) is 0 Å². The van der Waals surface area contributed by atoms with Crippen LogP contribution in [0.3, 0.4) is 0 Å². The lowest BCUT2D eigenvalue weighted by atomic mass is 10.2. The fourth-order valence-electron chi connectivity index (χ4n) is 2.53. The molecule has 0 spiro atoms. The highest BCUT2D eigenvalue weighted by Crippen LogP contribution is 2.25. The van der Waals surface area contributed by atoms with Crippen molar-refractivity contribution in [3.05, 3.63) is 28.8 Å². The van der Waals surface area contributed by atoms with Gasteiger partial charge >= 0.3 is 0 Å². The molecule has 0 aromatic heterocycles. The van der Waals surface area contributed by atoms with E-state index in [0.717, 1.165) is 11.8 Å². The molecule has 0 radical (unpaired) electrons. The molecule has 1 fully saturated rings. The number of rotatable bonds is 5. The van der Waals surface area contributed by atoms with Gasteiger partial charge in [0.05, 0.1) is 25.2 Å². The molecule has 128 valence electrons. The van der Waals surface area contributed by atoms with Crippen LogP contribution >= 0.6 is 11.6 Å². The molecule has 1 aliphatic rings. The Morgan fingerprint density at radius 3 is 2.57 bits per heavy atom. The Kier molecular flexibility index (Phi) is 5.89. The van der Waals surface area contributed by atoms with Crippen LogP contribution in [0.5, 0.6) is 0 Å². The minimum Gasteiger partial charge on any atom is -0.378 e. The summed E-state index contributed by atoms with van der Waals surface area (Å²) in [5, 5.41) is 0.545. The van der Waals surface area contributed by atoms with Crippen LogP contribution < -0.4 is 4.31 Å². The van der Waals surface area contributed by atoms with Crippen molar-refractivity contribution in [1.29, 1.82) is 0 Å². The van der Waals surface area contributed by atoms with Crippen molar-refractivity contribution in [2.24, 2.45) is 0 Å². The predicted octanol–water partition coefficient (Wildman–Crippen LogP) is 1.66. The second-order valence-corrected chi connectivity index (χ2v) is 7.85. The molecule has 1 amide bonds. The zero-order valence-corrected chi connectivity index (χ0v) is 14.9. The third-order valence-electron chi connectivity index (χ3n) is 3.72. The summed E-state index contributed by atoms with van der Waals surface area (Å²) in [4.78, 5) is 13.9. The van der Waals surface area contributed by atoms with E-state index in [4.69, 9.17) is 16.3 Å². The van der Waals surface area contributed by atoms with E-state index in [1.807, 2.05) is 0 Å². The number of carbonyl (C=O) groups is 1. The number of aryl methyl sites for hydroxylation is 1. The number of anilines is 1. The Morgan fingerprint density at radius 1 is 1.35 bits per heavy atom. The van der Waals surface area contributed by atoms with Crippen LogP contribution in [0.2, 0.25) is 5.02 Å². The lowest BCUT2D eigenvalue weighted by Gasteiger charge is -2.29. The van der Waals surface area contributed by atoms with E-state index in [-0.39, 0.29) is 18.9 Å². The highest BCUT2D eigenvalue weighted by molar-refractivity contribution is 7.92. The van der Waals surface area contributed by atoms with Gasteiger partial charge in [-0.15, -0.1) is 0 Å². The molecular weight excluding hydrogens is 340 g/mol. The van der Waals surface area contributed by atoms with Gasteiger partial charge in [0.1, 0.15) is 0 Å². The van der Waals surface area contributed by atoms with E-state index in [1.165, 1.54) is 4.31 Å². The number of hydrogen-bond donors (Lipinski definition) is 0. The van der Waals surface area contributed by atoms with Crippen LogP contribution in [-0.2, 0) is 19.6 Å². The van der Waals surface area contributed by atoms with Crippen LogP contribution in [0.15, 0.2) is 18.2 Å². The number of carbonyl (C=O) groups excluding carboxylic acids is 1. The van der Waals surface area contributed by atoms with Crippen LogP contribution in [0.1, 0.15) is 12.0 Å². The van der Waals surface area contributed by atoms with Crippen LogP contribution in [0, 0.1) is 6.92 Å². The summed E-state index contributed by atoms with van der Waals surface area (Å²) in [7, 11) is -3.48. The molecule has 0 N–H and O–H groups in total. The van der Waals surface area contributed by atoms with Crippen molar-refractivity contribution < 1.29 is 17.9 Å². The molecule has 1 aromatic carbocycles. The lowest BCUT2D eigenvalue weighted by molar-refractivity contribution is -0.134. The number of benzene rings is 1. The summed E-state index contributed by atoms with van der Waals surface area (Å²) in [6, 6.07) is 5.02. The number of nitrogens with zero attached hydrogens (tertiary/aromatic N) is 2. The van der Waals surface area contributed by atoms with Gasteiger partial charge in [0, 0.05) is 31.1 Å². The maximum Gasteiger partial charge on any atom is 0.232 e. The fourth-order valence-corrected chi connectivity index (χ4v) is 3.74. The van der Waals surface area contributed by atoms with Crippen molar-refractivity contribution in [2.45, 2.75) is 13.3 Å². The van der Waals surface area contributed by atoms with Gasteiger partial charge in [0.15, 0.2) is 0 Å². The molecule has 0 saturated carbocycles. The van der Waals surface area contributed by atoms with Crippen molar-refractivity contribution in [3.63, 3.8) is 0 Å². The highest BCUT2D eigenvalue weighted by atomic mass is 35.5. The summed E-state index contributed by atoms with van der Waals surface area (Å²) < 4.78 is 30.7. The molecule has 8 heteroatoms. The quantitative estimate of drug-likeness (QED) is 0.801. The monoisotopic (exact) mass is 360 g/mol. The standard InChI is InChI=1S/C15H21ClN2O4S/c1-12-11-13(16)3-4-14(12)18(23(2,20)21)6-5-15(19)17-7-9-22-10-8-17/h3-4,11H,5-10H2,1-2H3. The second kappa shape index (κ2) is 7.51. The first-order valence-corrected chi connectivity index (χ1v) is 9.61. The summed E-state index contributed by atoms with van der Waals surface area (Å²) in [5.41, 5.74) is 1.30. The number of amides is 1. The Bertz CT molecular complexity index is 672. The number of ether oxygens (including phenoxy) is 1. The first-order chi connectivity index (χ1) is 10.8. The van der Waals surface area contributed by atoms with Gasteiger partial charge in [0.2, 0.25) is 15.9 Å². The first-order valence-electron chi connectivity index (χ1n) is 7.38. The molecule has 23 heavy (non-hydrogen) atoms. The molecule has 6 nitrogen and oxygen atoms in total. The zero-order chi connectivity index (χ0) is 17.0. The normalized spacial score (nSPS) is 15.5. The van der Waals surface area contributed by atoms with E-state index in [1.54, 1.807) is 30.0 Å². The molecule has 0 aliphatic carbocycles. The maximum absolute atomic E-state index is 12.2. The number of halogens is 1. The van der Waals surface area contributed by atoms with Gasteiger partial charge in [-0.2, -0.15) is 0 Å². The summed E-state index contributed by atoms with van der Waals surface area (Å²) in [6.07, 6.45) is 1.27. The average Bonchev–Trinajstić information content (AvgIpc) is 2.48. The topological polar surface area (TPSA) is 66.9 Å². The van der Waals surface area contributed by atoms with Crippen molar-refractivity contribution in [1.82, 2.24) is 4.90 Å². The maximum atomic E-state index is 12.2.